The van der Waals surface area contributed by atoms with Crippen LogP contribution in [0.2, 0.25) is 0 Å². The van der Waals surface area contributed by atoms with E-state index in [1.807, 2.05) is 24.3 Å². The van der Waals surface area contributed by atoms with Crippen LogP contribution >= 0.6 is 0 Å². The number of hydrogen-bond acceptors (Lipinski definition) is 5. The van der Waals surface area contributed by atoms with Crippen LogP contribution in [0.25, 0.3) is 21.8 Å². The van der Waals surface area contributed by atoms with Crippen molar-refractivity contribution in [2.75, 3.05) is 0 Å². The number of aromatic nitrogens is 3. The normalized spacial score (nSPS) is 14.1. The number of carbonyl (C=O) groups is 2. The second-order valence-electron chi connectivity index (χ2n) is 7.80. The van der Waals surface area contributed by atoms with Gasteiger partial charge < -0.3 is 25.5 Å². The SMILES string of the molecule is C[C@@H](O)[C@@H](NC(=O)[C@@H](Cc1c[nH]c2ccccc12)n1c(=O)[nH]c2ccccc2c1=O)C(=O)O. The number of rotatable bonds is 7. The molecule has 2 aromatic heterocycles. The lowest BCUT2D eigenvalue weighted by Crippen LogP contribution is -2.52. The fraction of sp³-hybridized carbons (Fsp3) is 0.217. The van der Waals surface area contributed by atoms with Gasteiger partial charge in [-0.2, -0.15) is 0 Å². The van der Waals surface area contributed by atoms with Gasteiger partial charge in [0.1, 0.15) is 6.04 Å². The van der Waals surface area contributed by atoms with Crippen molar-refractivity contribution in [3.63, 3.8) is 0 Å². The van der Waals surface area contributed by atoms with E-state index in [1.165, 1.54) is 13.0 Å². The number of para-hydroxylation sites is 2. The molecule has 4 aromatic rings. The lowest BCUT2D eigenvalue weighted by molar-refractivity contribution is -0.145. The van der Waals surface area contributed by atoms with Crippen molar-refractivity contribution < 1.29 is 19.8 Å². The van der Waals surface area contributed by atoms with E-state index in [0.29, 0.717) is 11.1 Å². The highest BCUT2D eigenvalue weighted by Gasteiger charge is 2.32. The Kier molecular flexibility index (Phi) is 5.84. The molecule has 0 aliphatic rings. The molecule has 3 atom stereocenters. The van der Waals surface area contributed by atoms with E-state index in [2.05, 4.69) is 15.3 Å². The third-order valence-electron chi connectivity index (χ3n) is 5.59. The summed E-state index contributed by atoms with van der Waals surface area (Å²) in [5.74, 6) is -2.32. The molecule has 0 radical (unpaired) electrons. The van der Waals surface area contributed by atoms with E-state index < -0.39 is 41.3 Å². The first-order valence-electron chi connectivity index (χ1n) is 10.3. The predicted octanol–water partition coefficient (Wildman–Crippen LogP) is 0.905. The van der Waals surface area contributed by atoms with Gasteiger partial charge >= 0.3 is 11.7 Å². The number of aliphatic carboxylic acids is 1. The molecule has 0 spiro atoms. The van der Waals surface area contributed by atoms with Crippen molar-refractivity contribution in [2.24, 2.45) is 0 Å². The molecule has 0 saturated heterocycles. The van der Waals surface area contributed by atoms with Crippen LogP contribution in [0.5, 0.6) is 0 Å². The average molecular weight is 450 g/mol. The van der Waals surface area contributed by atoms with E-state index in [9.17, 15) is 29.4 Å². The molecule has 10 heteroatoms. The molecule has 0 unspecified atom stereocenters. The topological polar surface area (TPSA) is 157 Å². The van der Waals surface area contributed by atoms with Crippen LogP contribution in [0.15, 0.2) is 64.3 Å². The van der Waals surface area contributed by atoms with Crippen LogP contribution in [-0.2, 0) is 16.0 Å². The second kappa shape index (κ2) is 8.75. The Morgan fingerprint density at radius 3 is 2.33 bits per heavy atom. The van der Waals surface area contributed by atoms with Crippen LogP contribution in [0, 0.1) is 0 Å². The minimum absolute atomic E-state index is 0.0661. The third kappa shape index (κ3) is 4.15. The van der Waals surface area contributed by atoms with Gasteiger partial charge in [-0.05, 0) is 30.7 Å². The van der Waals surface area contributed by atoms with Gasteiger partial charge in [-0.25, -0.2) is 14.2 Å². The lowest BCUT2D eigenvalue weighted by atomic mass is 10.0. The average Bonchev–Trinajstić information content (AvgIpc) is 3.19. The fourth-order valence-electron chi connectivity index (χ4n) is 3.91. The molecule has 5 N–H and O–H groups in total. The minimum atomic E-state index is -1.61. The zero-order valence-corrected chi connectivity index (χ0v) is 17.6. The van der Waals surface area contributed by atoms with Gasteiger partial charge in [0.25, 0.3) is 5.56 Å². The zero-order chi connectivity index (χ0) is 23.7. The van der Waals surface area contributed by atoms with Gasteiger partial charge in [0.2, 0.25) is 5.91 Å². The van der Waals surface area contributed by atoms with E-state index in [0.717, 1.165) is 15.5 Å². The number of H-pyrrole nitrogens is 2. The van der Waals surface area contributed by atoms with E-state index in [4.69, 9.17) is 0 Å². The summed E-state index contributed by atoms with van der Waals surface area (Å²) in [6, 6.07) is 10.8. The molecule has 0 aliphatic heterocycles. The molecule has 4 rings (SSSR count). The molecule has 33 heavy (non-hydrogen) atoms. The Hall–Kier alpha value is -4.18. The summed E-state index contributed by atoms with van der Waals surface area (Å²) < 4.78 is 0.792. The molecule has 1 amide bonds. The highest BCUT2D eigenvalue weighted by Crippen LogP contribution is 2.22. The van der Waals surface area contributed by atoms with E-state index in [-0.39, 0.29) is 11.8 Å². The largest absolute Gasteiger partial charge is 0.480 e. The Morgan fingerprint density at radius 2 is 1.67 bits per heavy atom. The number of fused-ring (bicyclic) bond motifs is 2. The lowest BCUT2D eigenvalue weighted by Gasteiger charge is -2.23. The standard InChI is InChI=1S/C23H22N4O6/c1-12(28)19(22(31)32)26-20(29)18(10-13-11-24-16-8-4-2-6-14(13)16)27-21(30)15-7-3-5-9-17(15)25-23(27)33/h2-9,11-12,18-19,24,28H,10H2,1H3,(H,25,33)(H,26,29)(H,31,32)/t12-,18-,19-/m1/s1. The molecule has 0 saturated carbocycles. The molecule has 170 valence electrons. The Labute approximate surface area is 186 Å². The van der Waals surface area contributed by atoms with Crippen molar-refractivity contribution in [2.45, 2.75) is 31.5 Å². The molecule has 2 heterocycles. The second-order valence-corrected chi connectivity index (χ2v) is 7.80. The van der Waals surface area contributed by atoms with Gasteiger partial charge in [0.15, 0.2) is 6.04 Å². The van der Waals surface area contributed by atoms with Crippen molar-refractivity contribution in [3.05, 3.63) is 81.1 Å². The first kappa shape index (κ1) is 22.0. The molecule has 2 aromatic carbocycles. The summed E-state index contributed by atoms with van der Waals surface area (Å²) in [5, 5.41) is 22.4. The van der Waals surface area contributed by atoms with Crippen molar-refractivity contribution >= 4 is 33.7 Å². The minimum Gasteiger partial charge on any atom is -0.480 e. The summed E-state index contributed by atoms with van der Waals surface area (Å²) in [6.07, 6.45) is 0.213. The number of carbonyl (C=O) groups excluding carboxylic acids is 1. The van der Waals surface area contributed by atoms with Crippen molar-refractivity contribution in [1.82, 2.24) is 19.9 Å². The maximum absolute atomic E-state index is 13.3. The predicted molar refractivity (Wildman–Crippen MR) is 121 cm³/mol. The van der Waals surface area contributed by atoms with Crippen molar-refractivity contribution in [1.29, 1.82) is 0 Å². The number of amides is 1. The monoisotopic (exact) mass is 450 g/mol. The summed E-state index contributed by atoms with van der Waals surface area (Å²) in [4.78, 5) is 56.6. The molecular weight excluding hydrogens is 428 g/mol. The number of aliphatic hydroxyl groups is 1. The number of nitrogens with zero attached hydrogens (tertiary/aromatic N) is 1. The molecule has 0 fully saturated rings. The first-order valence-corrected chi connectivity index (χ1v) is 10.3. The van der Waals surface area contributed by atoms with Crippen molar-refractivity contribution in [3.8, 4) is 0 Å². The number of nitrogens with one attached hydrogen (secondary N) is 3. The smallest absolute Gasteiger partial charge is 0.329 e. The van der Waals surface area contributed by atoms with Gasteiger partial charge in [0.05, 0.1) is 17.0 Å². The third-order valence-corrected chi connectivity index (χ3v) is 5.59. The summed E-state index contributed by atoms with van der Waals surface area (Å²) in [5.41, 5.74) is 0.302. The number of benzene rings is 2. The number of aliphatic hydroxyl groups excluding tert-OH is 1. The fourth-order valence-corrected chi connectivity index (χ4v) is 3.91. The quantitative estimate of drug-likeness (QED) is 0.282. The number of carboxylic acids is 1. The van der Waals surface area contributed by atoms with Crippen LogP contribution in [-0.4, -0.2) is 48.8 Å². The van der Waals surface area contributed by atoms with Crippen LogP contribution in [0.3, 0.4) is 0 Å². The molecule has 10 nitrogen and oxygen atoms in total. The van der Waals surface area contributed by atoms with Crippen LogP contribution in [0.1, 0.15) is 18.5 Å². The Morgan fingerprint density at radius 1 is 1.03 bits per heavy atom. The Bertz CT molecular complexity index is 1470. The van der Waals surface area contributed by atoms with Gasteiger partial charge in [-0.3, -0.25) is 9.59 Å². The summed E-state index contributed by atoms with van der Waals surface area (Å²) in [6.45, 7) is 1.22. The van der Waals surface area contributed by atoms with Gasteiger partial charge in [0, 0.05) is 23.5 Å². The van der Waals surface area contributed by atoms with E-state index >= 15 is 0 Å². The van der Waals surface area contributed by atoms with Crippen LogP contribution in [0.4, 0.5) is 0 Å². The summed E-state index contributed by atoms with van der Waals surface area (Å²) in [7, 11) is 0. The highest BCUT2D eigenvalue weighted by molar-refractivity contribution is 5.88. The van der Waals surface area contributed by atoms with Crippen LogP contribution < -0.4 is 16.6 Å². The van der Waals surface area contributed by atoms with E-state index in [1.54, 1.807) is 24.4 Å². The maximum atomic E-state index is 13.3. The maximum Gasteiger partial charge on any atom is 0.329 e. The van der Waals surface area contributed by atoms with Gasteiger partial charge in [-0.1, -0.05) is 30.3 Å². The number of hydrogen-bond donors (Lipinski definition) is 5. The summed E-state index contributed by atoms with van der Waals surface area (Å²) >= 11 is 0. The van der Waals surface area contributed by atoms with Gasteiger partial charge in [-0.15, -0.1) is 0 Å². The number of carboxylic acid groups (broad SMARTS) is 1. The first-order chi connectivity index (χ1) is 15.8. The number of aromatic amines is 2. The Balaban J connectivity index is 1.85. The molecule has 0 bridgehead atoms. The molecule has 0 aliphatic carbocycles. The highest BCUT2D eigenvalue weighted by atomic mass is 16.4. The zero-order valence-electron chi connectivity index (χ0n) is 17.6. The molecular formula is C23H22N4O6.